The Hall–Kier alpha value is -0.380. The summed E-state index contributed by atoms with van der Waals surface area (Å²) in [5, 5.41) is 3.71. The number of hydrogen-bond acceptors (Lipinski definition) is 3. The number of ether oxygens (including phenoxy) is 1. The summed E-state index contributed by atoms with van der Waals surface area (Å²) >= 11 is 0. The third kappa shape index (κ3) is 3.80. The Morgan fingerprint density at radius 2 is 2.24 bits per heavy atom. The first-order valence-corrected chi connectivity index (χ1v) is 7.05. The van der Waals surface area contributed by atoms with Crippen LogP contribution >= 0.6 is 0 Å². The molecule has 2 rings (SSSR count). The highest BCUT2D eigenvalue weighted by molar-refractivity contribution is 5.08. The monoisotopic (exact) mass is 238 g/mol. The molecule has 0 aromatic carbocycles. The fraction of sp³-hybridized carbons (Fsp3) is 0.857. The van der Waals surface area contributed by atoms with E-state index in [1.807, 2.05) is 0 Å². The zero-order chi connectivity index (χ0) is 12.0. The smallest absolute Gasteiger partial charge is 0.0484 e. The number of allylic oxidation sites excluding steroid dienone is 1. The summed E-state index contributed by atoms with van der Waals surface area (Å²) in [5.41, 5.74) is 7.74. The first kappa shape index (κ1) is 13.1. The van der Waals surface area contributed by atoms with Crippen molar-refractivity contribution in [3.05, 3.63) is 11.6 Å². The van der Waals surface area contributed by atoms with E-state index in [2.05, 4.69) is 11.4 Å². The quantitative estimate of drug-likeness (QED) is 0.720. The van der Waals surface area contributed by atoms with E-state index in [-0.39, 0.29) is 5.54 Å². The molecule has 0 spiro atoms. The van der Waals surface area contributed by atoms with Crippen molar-refractivity contribution in [1.29, 1.82) is 0 Å². The minimum absolute atomic E-state index is 0.135. The summed E-state index contributed by atoms with van der Waals surface area (Å²) in [5.74, 6) is 0. The van der Waals surface area contributed by atoms with Gasteiger partial charge in [-0.3, -0.25) is 0 Å². The Bertz CT molecular complexity index is 255. The van der Waals surface area contributed by atoms with Gasteiger partial charge in [-0.2, -0.15) is 0 Å². The van der Waals surface area contributed by atoms with Crippen LogP contribution in [0.2, 0.25) is 0 Å². The highest BCUT2D eigenvalue weighted by Crippen LogP contribution is 2.23. The molecular weight excluding hydrogens is 212 g/mol. The predicted octanol–water partition coefficient (Wildman–Crippen LogP) is 1.97. The van der Waals surface area contributed by atoms with Crippen molar-refractivity contribution >= 4 is 0 Å². The van der Waals surface area contributed by atoms with E-state index < -0.39 is 0 Å². The minimum Gasteiger partial charge on any atom is -0.381 e. The second-order valence-corrected chi connectivity index (χ2v) is 5.38. The van der Waals surface area contributed by atoms with Crippen LogP contribution < -0.4 is 11.1 Å². The average molecular weight is 238 g/mol. The van der Waals surface area contributed by atoms with E-state index in [9.17, 15) is 0 Å². The van der Waals surface area contributed by atoms with Gasteiger partial charge in [0.05, 0.1) is 0 Å². The number of nitrogens with one attached hydrogen (secondary N) is 1. The molecule has 98 valence electrons. The molecule has 1 aliphatic heterocycles. The summed E-state index contributed by atoms with van der Waals surface area (Å²) in [4.78, 5) is 0. The molecule has 17 heavy (non-hydrogen) atoms. The van der Waals surface area contributed by atoms with Crippen LogP contribution in [0.4, 0.5) is 0 Å². The molecule has 0 radical (unpaired) electrons. The topological polar surface area (TPSA) is 47.3 Å². The third-order valence-electron chi connectivity index (χ3n) is 4.14. The zero-order valence-corrected chi connectivity index (χ0v) is 10.8. The Balaban J connectivity index is 1.77. The van der Waals surface area contributed by atoms with E-state index in [1.165, 1.54) is 25.7 Å². The molecule has 1 aliphatic carbocycles. The van der Waals surface area contributed by atoms with Gasteiger partial charge in [0.15, 0.2) is 0 Å². The SMILES string of the molecule is NCC1(NCCC2=CCCC2)CCCOCC1. The van der Waals surface area contributed by atoms with Gasteiger partial charge in [0, 0.05) is 25.3 Å². The van der Waals surface area contributed by atoms with Crippen molar-refractivity contribution in [2.45, 2.75) is 50.5 Å². The molecule has 0 saturated carbocycles. The van der Waals surface area contributed by atoms with Gasteiger partial charge in [-0.15, -0.1) is 0 Å². The fourth-order valence-electron chi connectivity index (χ4n) is 2.91. The molecule has 1 heterocycles. The van der Waals surface area contributed by atoms with E-state index >= 15 is 0 Å². The fourth-order valence-corrected chi connectivity index (χ4v) is 2.91. The lowest BCUT2D eigenvalue weighted by Gasteiger charge is -2.32. The maximum absolute atomic E-state index is 5.97. The molecule has 0 aromatic rings. The van der Waals surface area contributed by atoms with Crippen molar-refractivity contribution < 1.29 is 4.74 Å². The molecule has 0 bridgehead atoms. The summed E-state index contributed by atoms with van der Waals surface area (Å²) in [6, 6.07) is 0. The minimum atomic E-state index is 0.135. The first-order valence-electron chi connectivity index (χ1n) is 7.05. The molecule has 1 saturated heterocycles. The van der Waals surface area contributed by atoms with Gasteiger partial charge in [-0.1, -0.05) is 11.6 Å². The van der Waals surface area contributed by atoms with Crippen LogP contribution in [-0.2, 0) is 4.74 Å². The maximum Gasteiger partial charge on any atom is 0.0484 e. The highest BCUT2D eigenvalue weighted by atomic mass is 16.5. The van der Waals surface area contributed by atoms with Gasteiger partial charge in [-0.25, -0.2) is 0 Å². The third-order valence-corrected chi connectivity index (χ3v) is 4.14. The van der Waals surface area contributed by atoms with Crippen LogP contribution in [0, 0.1) is 0 Å². The van der Waals surface area contributed by atoms with Gasteiger partial charge >= 0.3 is 0 Å². The maximum atomic E-state index is 5.97. The lowest BCUT2D eigenvalue weighted by molar-refractivity contribution is 0.137. The molecular formula is C14H26N2O. The Labute approximate surface area is 105 Å². The standard InChI is InChI=1S/C14H26N2O/c15-12-14(7-3-10-17-11-8-14)16-9-6-13-4-1-2-5-13/h4,16H,1-3,5-12,15H2. The molecule has 3 nitrogen and oxygen atoms in total. The van der Waals surface area contributed by atoms with Crippen LogP contribution in [-0.4, -0.2) is 31.8 Å². The van der Waals surface area contributed by atoms with Gasteiger partial charge in [-0.05, 0) is 51.5 Å². The molecule has 1 atom stereocenters. The normalized spacial score (nSPS) is 30.1. The van der Waals surface area contributed by atoms with Gasteiger partial charge in [0.1, 0.15) is 0 Å². The van der Waals surface area contributed by atoms with Crippen molar-refractivity contribution in [2.24, 2.45) is 5.73 Å². The molecule has 0 amide bonds. The van der Waals surface area contributed by atoms with Gasteiger partial charge in [0.25, 0.3) is 0 Å². The average Bonchev–Trinajstić information content (AvgIpc) is 2.75. The Morgan fingerprint density at radius 1 is 1.29 bits per heavy atom. The van der Waals surface area contributed by atoms with Crippen LogP contribution in [0.1, 0.15) is 44.9 Å². The molecule has 2 aliphatic rings. The number of rotatable bonds is 5. The van der Waals surface area contributed by atoms with Gasteiger partial charge in [0.2, 0.25) is 0 Å². The van der Waals surface area contributed by atoms with Crippen molar-refractivity contribution in [2.75, 3.05) is 26.3 Å². The van der Waals surface area contributed by atoms with Gasteiger partial charge < -0.3 is 15.8 Å². The van der Waals surface area contributed by atoms with E-state index in [0.29, 0.717) is 0 Å². The molecule has 3 heteroatoms. The first-order chi connectivity index (χ1) is 8.35. The Morgan fingerprint density at radius 3 is 3.00 bits per heavy atom. The highest BCUT2D eigenvalue weighted by Gasteiger charge is 2.28. The van der Waals surface area contributed by atoms with E-state index in [4.69, 9.17) is 10.5 Å². The van der Waals surface area contributed by atoms with E-state index in [0.717, 1.165) is 45.6 Å². The summed E-state index contributed by atoms with van der Waals surface area (Å²) in [6.07, 6.45) is 10.9. The second kappa shape index (κ2) is 6.53. The van der Waals surface area contributed by atoms with Crippen LogP contribution in [0.5, 0.6) is 0 Å². The Kier molecular flexibility index (Phi) is 5.01. The van der Waals surface area contributed by atoms with Crippen LogP contribution in [0.3, 0.4) is 0 Å². The molecule has 3 N–H and O–H groups in total. The van der Waals surface area contributed by atoms with Crippen LogP contribution in [0.15, 0.2) is 11.6 Å². The molecule has 1 fully saturated rings. The molecule has 0 aromatic heterocycles. The number of hydrogen-bond donors (Lipinski definition) is 2. The zero-order valence-electron chi connectivity index (χ0n) is 10.8. The summed E-state index contributed by atoms with van der Waals surface area (Å²) in [7, 11) is 0. The lowest BCUT2D eigenvalue weighted by Crippen LogP contribution is -2.51. The largest absolute Gasteiger partial charge is 0.381 e. The lowest BCUT2D eigenvalue weighted by atomic mass is 9.90. The summed E-state index contributed by atoms with van der Waals surface area (Å²) in [6.45, 7) is 3.56. The predicted molar refractivity (Wildman–Crippen MR) is 71.0 cm³/mol. The van der Waals surface area contributed by atoms with Crippen molar-refractivity contribution in [3.8, 4) is 0 Å². The number of nitrogens with two attached hydrogens (primary N) is 1. The van der Waals surface area contributed by atoms with E-state index in [1.54, 1.807) is 5.57 Å². The van der Waals surface area contributed by atoms with Crippen LogP contribution in [0.25, 0.3) is 0 Å². The molecule has 1 unspecified atom stereocenters. The van der Waals surface area contributed by atoms with Crippen molar-refractivity contribution in [1.82, 2.24) is 5.32 Å². The second-order valence-electron chi connectivity index (χ2n) is 5.38. The van der Waals surface area contributed by atoms with Crippen molar-refractivity contribution in [3.63, 3.8) is 0 Å². The summed E-state index contributed by atoms with van der Waals surface area (Å²) < 4.78 is 5.52.